The van der Waals surface area contributed by atoms with Crippen molar-refractivity contribution in [3.8, 4) is 0 Å². The number of rotatable bonds is 17. The predicted molar refractivity (Wildman–Crippen MR) is 128 cm³/mol. The molecule has 0 radical (unpaired) electrons. The van der Waals surface area contributed by atoms with Crippen molar-refractivity contribution in [3.05, 3.63) is 10.6 Å². The van der Waals surface area contributed by atoms with Gasteiger partial charge in [-0.2, -0.15) is 5.10 Å². The van der Waals surface area contributed by atoms with Gasteiger partial charge in [0.25, 0.3) is 0 Å². The molecule has 1 N–H and O–H groups in total. The topological polar surface area (TPSA) is 37.3 Å². The van der Waals surface area contributed by atoms with Crippen molar-refractivity contribution in [2.45, 2.75) is 125 Å². The van der Waals surface area contributed by atoms with Crippen LogP contribution in [0.5, 0.6) is 0 Å². The summed E-state index contributed by atoms with van der Waals surface area (Å²) in [6.45, 7) is 11.0. The van der Waals surface area contributed by atoms with Crippen LogP contribution in [0.2, 0.25) is 0 Å². The molecule has 28 heavy (non-hydrogen) atoms. The SMILES string of the molecule is CCCCCCCCC(CCCCCCCC)/C(C)=N/Nc1nc(C)c(C)s1. The Morgan fingerprint density at radius 2 is 1.36 bits per heavy atom. The molecule has 0 atom stereocenters. The predicted octanol–water partition coefficient (Wildman–Crippen LogP) is 8.67. The second kappa shape index (κ2) is 16.0. The molecule has 0 unspecified atom stereocenters. The molecule has 1 rings (SSSR count). The van der Waals surface area contributed by atoms with Gasteiger partial charge in [0.2, 0.25) is 5.13 Å². The first-order valence-electron chi connectivity index (χ1n) is 11.8. The van der Waals surface area contributed by atoms with Crippen LogP contribution in [0.4, 0.5) is 5.13 Å². The number of nitrogens with one attached hydrogen (secondary N) is 1. The van der Waals surface area contributed by atoms with Crippen LogP contribution >= 0.6 is 11.3 Å². The molecule has 0 aliphatic heterocycles. The summed E-state index contributed by atoms with van der Waals surface area (Å²) >= 11 is 1.70. The molecular weight excluding hydrogens is 362 g/mol. The lowest BCUT2D eigenvalue weighted by molar-refractivity contribution is 0.482. The fourth-order valence-electron chi connectivity index (χ4n) is 3.65. The van der Waals surface area contributed by atoms with E-state index in [9.17, 15) is 0 Å². The van der Waals surface area contributed by atoms with Crippen LogP contribution in [0.15, 0.2) is 5.10 Å². The normalized spacial score (nSPS) is 12.1. The summed E-state index contributed by atoms with van der Waals surface area (Å²) in [6.07, 6.45) is 19.0. The van der Waals surface area contributed by atoms with Crippen LogP contribution in [0.1, 0.15) is 121 Å². The number of hydrogen-bond donors (Lipinski definition) is 1. The highest BCUT2D eigenvalue weighted by Crippen LogP contribution is 2.23. The summed E-state index contributed by atoms with van der Waals surface area (Å²) < 4.78 is 0. The molecule has 4 heteroatoms. The standard InChI is InChI=1S/C24H45N3S/c1-6-8-10-12-14-16-18-23(19-17-15-13-11-9-7-2)21(4)26-27-24-25-20(3)22(5)28-24/h23H,6-19H2,1-5H3,(H,25,27)/b26-21+. The minimum absolute atomic E-state index is 0.618. The smallest absolute Gasteiger partial charge is 0.203 e. The Bertz CT molecular complexity index is 500. The van der Waals surface area contributed by atoms with E-state index >= 15 is 0 Å². The van der Waals surface area contributed by atoms with Crippen molar-refractivity contribution in [1.29, 1.82) is 0 Å². The van der Waals surface area contributed by atoms with E-state index in [0.29, 0.717) is 5.92 Å². The molecule has 162 valence electrons. The molecule has 0 amide bonds. The zero-order valence-electron chi connectivity index (χ0n) is 19.3. The molecule has 0 aliphatic rings. The highest BCUT2D eigenvalue weighted by molar-refractivity contribution is 7.15. The van der Waals surface area contributed by atoms with Crippen molar-refractivity contribution in [2.24, 2.45) is 11.0 Å². The fourth-order valence-corrected chi connectivity index (χ4v) is 4.41. The molecule has 0 saturated heterocycles. The first-order chi connectivity index (χ1) is 13.6. The molecule has 0 spiro atoms. The maximum Gasteiger partial charge on any atom is 0.203 e. The molecule has 0 bridgehead atoms. The van der Waals surface area contributed by atoms with E-state index in [4.69, 9.17) is 5.10 Å². The molecular formula is C24H45N3S. The maximum atomic E-state index is 4.72. The largest absolute Gasteiger partial charge is 0.253 e. The van der Waals surface area contributed by atoms with E-state index in [1.807, 2.05) is 0 Å². The lowest BCUT2D eigenvalue weighted by Gasteiger charge is -2.17. The molecule has 0 aromatic carbocycles. The van der Waals surface area contributed by atoms with Crippen LogP contribution in [0.3, 0.4) is 0 Å². The second-order valence-corrected chi connectivity index (χ2v) is 9.54. The zero-order chi connectivity index (χ0) is 20.6. The summed E-state index contributed by atoms with van der Waals surface area (Å²) in [7, 11) is 0. The maximum absolute atomic E-state index is 4.72. The molecule has 1 heterocycles. The first-order valence-corrected chi connectivity index (χ1v) is 12.6. The number of thiazole rings is 1. The van der Waals surface area contributed by atoms with Gasteiger partial charge in [-0.05, 0) is 39.5 Å². The van der Waals surface area contributed by atoms with Gasteiger partial charge in [-0.3, -0.25) is 5.43 Å². The lowest BCUT2D eigenvalue weighted by Crippen LogP contribution is -2.13. The fraction of sp³-hybridized carbons (Fsp3) is 0.833. The van der Waals surface area contributed by atoms with Gasteiger partial charge in [-0.25, -0.2) is 4.98 Å². The van der Waals surface area contributed by atoms with Gasteiger partial charge < -0.3 is 0 Å². The molecule has 0 saturated carbocycles. The number of aromatic nitrogens is 1. The van der Waals surface area contributed by atoms with Gasteiger partial charge in [-0.1, -0.05) is 90.9 Å². The van der Waals surface area contributed by atoms with Crippen molar-refractivity contribution < 1.29 is 0 Å². The average molecular weight is 408 g/mol. The van der Waals surface area contributed by atoms with Crippen molar-refractivity contribution in [1.82, 2.24) is 4.98 Å². The van der Waals surface area contributed by atoms with Crippen LogP contribution in [-0.2, 0) is 0 Å². The van der Waals surface area contributed by atoms with E-state index in [0.717, 1.165) is 10.8 Å². The number of nitrogens with zero attached hydrogens (tertiary/aromatic N) is 2. The van der Waals surface area contributed by atoms with Crippen LogP contribution < -0.4 is 5.43 Å². The van der Waals surface area contributed by atoms with Gasteiger partial charge in [0.1, 0.15) is 0 Å². The third kappa shape index (κ3) is 11.2. The van der Waals surface area contributed by atoms with Gasteiger partial charge in [0.05, 0.1) is 5.69 Å². The van der Waals surface area contributed by atoms with Crippen molar-refractivity contribution in [2.75, 3.05) is 5.43 Å². The summed E-state index contributed by atoms with van der Waals surface area (Å²) in [6, 6.07) is 0. The monoisotopic (exact) mass is 407 g/mol. The number of hydrogen-bond acceptors (Lipinski definition) is 4. The summed E-state index contributed by atoms with van der Waals surface area (Å²) in [5, 5.41) is 5.64. The Morgan fingerprint density at radius 1 is 0.857 bits per heavy atom. The zero-order valence-corrected chi connectivity index (χ0v) is 20.1. The Labute approximate surface area is 178 Å². The van der Waals surface area contributed by atoms with E-state index in [1.54, 1.807) is 11.3 Å². The molecule has 0 fully saturated rings. The van der Waals surface area contributed by atoms with Gasteiger partial charge in [0.15, 0.2) is 0 Å². The highest BCUT2D eigenvalue weighted by atomic mass is 32.1. The average Bonchev–Trinajstić information content (AvgIpc) is 3.01. The molecule has 1 aromatic heterocycles. The summed E-state index contributed by atoms with van der Waals surface area (Å²) in [5.41, 5.74) is 5.58. The van der Waals surface area contributed by atoms with Gasteiger partial charge in [-0.15, -0.1) is 11.3 Å². The molecule has 0 aliphatic carbocycles. The number of unbranched alkanes of at least 4 members (excludes halogenated alkanes) is 10. The van der Waals surface area contributed by atoms with Crippen molar-refractivity contribution >= 4 is 22.2 Å². The summed E-state index contributed by atoms with van der Waals surface area (Å²) in [4.78, 5) is 5.82. The number of hydrazone groups is 1. The molecule has 1 aromatic rings. The molecule has 3 nitrogen and oxygen atoms in total. The quantitative estimate of drug-likeness (QED) is 0.159. The van der Waals surface area contributed by atoms with E-state index in [1.165, 1.54) is 100 Å². The number of anilines is 1. The second-order valence-electron chi connectivity index (χ2n) is 8.34. The number of aryl methyl sites for hydroxylation is 2. The van der Waals surface area contributed by atoms with E-state index in [-0.39, 0.29) is 0 Å². The van der Waals surface area contributed by atoms with Crippen LogP contribution in [0.25, 0.3) is 0 Å². The first kappa shape index (κ1) is 25.1. The Hall–Kier alpha value is -0.900. The van der Waals surface area contributed by atoms with E-state index < -0.39 is 0 Å². The van der Waals surface area contributed by atoms with Gasteiger partial charge in [0, 0.05) is 10.6 Å². The van der Waals surface area contributed by atoms with Crippen LogP contribution in [0, 0.1) is 19.8 Å². The van der Waals surface area contributed by atoms with Crippen LogP contribution in [-0.4, -0.2) is 10.7 Å². The lowest BCUT2D eigenvalue weighted by atomic mass is 9.91. The van der Waals surface area contributed by atoms with Gasteiger partial charge >= 0.3 is 0 Å². The third-order valence-corrected chi connectivity index (χ3v) is 6.74. The Morgan fingerprint density at radius 3 is 1.82 bits per heavy atom. The highest BCUT2D eigenvalue weighted by Gasteiger charge is 2.13. The Kier molecular flexibility index (Phi) is 14.3. The van der Waals surface area contributed by atoms with Crippen molar-refractivity contribution in [3.63, 3.8) is 0 Å². The third-order valence-electron chi connectivity index (χ3n) is 5.76. The van der Waals surface area contributed by atoms with E-state index in [2.05, 4.69) is 45.0 Å². The minimum atomic E-state index is 0.618. The minimum Gasteiger partial charge on any atom is -0.253 e. The summed E-state index contributed by atoms with van der Waals surface area (Å²) in [5.74, 6) is 0.618. The Balaban J connectivity index is 2.47.